The molecule has 2 heterocycles. The summed E-state index contributed by atoms with van der Waals surface area (Å²) in [6.45, 7) is 11.1. The number of amides is 2. The van der Waals surface area contributed by atoms with Crippen LogP contribution in [-0.4, -0.2) is 55.0 Å². The quantitative estimate of drug-likeness (QED) is 0.368. The molecular formula is C31H38N2O4S. The SMILES string of the molecule is COc1cc(OC)cc(C(=O)N(CC(=O)N2CCc3sccc3C2c2ccc(C(C)(C)C)cc2)C(C)C)c1. The lowest BCUT2D eigenvalue weighted by Crippen LogP contribution is -2.48. The minimum Gasteiger partial charge on any atom is -0.497 e. The van der Waals surface area contributed by atoms with Gasteiger partial charge in [0, 0.05) is 29.1 Å². The van der Waals surface area contributed by atoms with E-state index in [0.717, 1.165) is 12.0 Å². The summed E-state index contributed by atoms with van der Waals surface area (Å²) in [6.07, 6.45) is 0.817. The molecule has 0 aliphatic carbocycles. The van der Waals surface area contributed by atoms with E-state index < -0.39 is 0 Å². The zero-order valence-electron chi connectivity index (χ0n) is 23.4. The first-order valence-electron chi connectivity index (χ1n) is 13.0. The second-order valence-electron chi connectivity index (χ2n) is 11.0. The van der Waals surface area contributed by atoms with Gasteiger partial charge >= 0.3 is 0 Å². The lowest BCUT2D eigenvalue weighted by atomic mass is 9.85. The largest absolute Gasteiger partial charge is 0.497 e. The number of methoxy groups -OCH3 is 2. The molecule has 2 aromatic carbocycles. The zero-order chi connectivity index (χ0) is 27.6. The van der Waals surface area contributed by atoms with Gasteiger partial charge in [0.2, 0.25) is 5.91 Å². The van der Waals surface area contributed by atoms with Gasteiger partial charge in [0.05, 0.1) is 20.3 Å². The molecule has 4 rings (SSSR count). The van der Waals surface area contributed by atoms with Gasteiger partial charge in [-0.05, 0) is 66.0 Å². The highest BCUT2D eigenvalue weighted by molar-refractivity contribution is 7.10. The molecule has 2 amide bonds. The maximum Gasteiger partial charge on any atom is 0.254 e. The molecule has 0 saturated carbocycles. The molecule has 3 aromatic rings. The van der Waals surface area contributed by atoms with Gasteiger partial charge in [-0.25, -0.2) is 0 Å². The van der Waals surface area contributed by atoms with Gasteiger partial charge in [-0.15, -0.1) is 11.3 Å². The first-order chi connectivity index (χ1) is 18.0. The molecule has 1 aliphatic rings. The predicted octanol–water partition coefficient (Wildman–Crippen LogP) is 6.09. The van der Waals surface area contributed by atoms with Crippen LogP contribution in [-0.2, 0) is 16.6 Å². The van der Waals surface area contributed by atoms with Crippen molar-refractivity contribution in [1.82, 2.24) is 9.80 Å². The molecule has 1 aromatic heterocycles. The minimum absolute atomic E-state index is 0.00787. The maximum absolute atomic E-state index is 13.9. The molecule has 0 radical (unpaired) electrons. The van der Waals surface area contributed by atoms with E-state index in [-0.39, 0.29) is 35.9 Å². The van der Waals surface area contributed by atoms with Gasteiger partial charge in [-0.1, -0.05) is 45.0 Å². The van der Waals surface area contributed by atoms with Crippen molar-refractivity contribution >= 4 is 23.2 Å². The van der Waals surface area contributed by atoms with E-state index in [1.807, 2.05) is 18.7 Å². The topological polar surface area (TPSA) is 59.1 Å². The average molecular weight is 535 g/mol. The molecule has 1 atom stereocenters. The number of carbonyl (C=O) groups is 2. The lowest BCUT2D eigenvalue weighted by Gasteiger charge is -2.38. The summed E-state index contributed by atoms with van der Waals surface area (Å²) in [5, 5.41) is 2.11. The average Bonchev–Trinajstić information content (AvgIpc) is 3.38. The van der Waals surface area contributed by atoms with Crippen LogP contribution in [0.25, 0.3) is 0 Å². The molecule has 0 spiro atoms. The number of benzene rings is 2. The molecular weight excluding hydrogens is 496 g/mol. The van der Waals surface area contributed by atoms with Gasteiger partial charge in [-0.2, -0.15) is 0 Å². The fourth-order valence-electron chi connectivity index (χ4n) is 4.93. The predicted molar refractivity (Wildman–Crippen MR) is 152 cm³/mol. The maximum atomic E-state index is 13.9. The Balaban J connectivity index is 1.64. The van der Waals surface area contributed by atoms with E-state index in [2.05, 4.69) is 56.5 Å². The van der Waals surface area contributed by atoms with Crippen molar-refractivity contribution in [1.29, 1.82) is 0 Å². The molecule has 6 nitrogen and oxygen atoms in total. The Bertz CT molecular complexity index is 1270. The number of hydrogen-bond donors (Lipinski definition) is 0. The number of ether oxygens (including phenoxy) is 2. The molecule has 38 heavy (non-hydrogen) atoms. The van der Waals surface area contributed by atoms with Gasteiger partial charge < -0.3 is 19.3 Å². The summed E-state index contributed by atoms with van der Waals surface area (Å²) in [5.41, 5.74) is 4.00. The highest BCUT2D eigenvalue weighted by Crippen LogP contribution is 2.38. The van der Waals surface area contributed by atoms with Crippen LogP contribution in [0, 0.1) is 0 Å². The highest BCUT2D eigenvalue weighted by atomic mass is 32.1. The van der Waals surface area contributed by atoms with E-state index in [0.29, 0.717) is 23.6 Å². The molecule has 0 N–H and O–H groups in total. The lowest BCUT2D eigenvalue weighted by molar-refractivity contribution is -0.134. The Morgan fingerprint density at radius 1 is 1.03 bits per heavy atom. The number of carbonyl (C=O) groups excluding carboxylic acids is 2. The summed E-state index contributed by atoms with van der Waals surface area (Å²) in [6, 6.07) is 15.5. The number of fused-ring (bicyclic) bond motifs is 1. The Morgan fingerprint density at radius 2 is 1.66 bits per heavy atom. The Hall–Kier alpha value is -3.32. The summed E-state index contributed by atoms with van der Waals surface area (Å²) >= 11 is 1.75. The van der Waals surface area contributed by atoms with Crippen molar-refractivity contribution in [3.63, 3.8) is 0 Å². The van der Waals surface area contributed by atoms with E-state index in [4.69, 9.17) is 9.47 Å². The smallest absolute Gasteiger partial charge is 0.254 e. The van der Waals surface area contributed by atoms with Crippen molar-refractivity contribution in [3.05, 3.63) is 81.0 Å². The first-order valence-corrected chi connectivity index (χ1v) is 13.9. The van der Waals surface area contributed by atoms with Gasteiger partial charge in [-0.3, -0.25) is 9.59 Å². The van der Waals surface area contributed by atoms with Gasteiger partial charge in [0.15, 0.2) is 0 Å². The van der Waals surface area contributed by atoms with Gasteiger partial charge in [0.25, 0.3) is 5.91 Å². The van der Waals surface area contributed by atoms with Crippen molar-refractivity contribution in [2.45, 2.75) is 58.5 Å². The summed E-state index contributed by atoms with van der Waals surface area (Å²) in [7, 11) is 3.10. The number of hydrogen-bond acceptors (Lipinski definition) is 5. The molecule has 7 heteroatoms. The van der Waals surface area contributed by atoms with E-state index in [1.54, 1.807) is 48.7 Å². The minimum atomic E-state index is -0.232. The van der Waals surface area contributed by atoms with Crippen LogP contribution in [0.15, 0.2) is 53.9 Å². The van der Waals surface area contributed by atoms with Crippen LogP contribution < -0.4 is 9.47 Å². The number of nitrogens with zero attached hydrogens (tertiary/aromatic N) is 2. The summed E-state index contributed by atoms with van der Waals surface area (Å²) in [4.78, 5) is 32.4. The van der Waals surface area contributed by atoms with Crippen LogP contribution in [0.2, 0.25) is 0 Å². The van der Waals surface area contributed by atoms with Crippen molar-refractivity contribution in [2.24, 2.45) is 0 Å². The summed E-state index contributed by atoms with van der Waals surface area (Å²) < 4.78 is 10.7. The van der Waals surface area contributed by atoms with E-state index in [1.165, 1.54) is 16.0 Å². The van der Waals surface area contributed by atoms with Crippen molar-refractivity contribution in [3.8, 4) is 11.5 Å². The van der Waals surface area contributed by atoms with Crippen LogP contribution >= 0.6 is 11.3 Å². The molecule has 0 saturated heterocycles. The standard InChI is InChI=1S/C31H38N2O4S/c1-20(2)33(30(35)22-16-24(36-6)18-25(17-22)37-7)19-28(34)32-14-12-27-26(13-15-38-27)29(32)21-8-10-23(11-9-21)31(3,4)5/h8-11,13,15-18,20,29H,12,14,19H2,1-7H3. The first kappa shape index (κ1) is 27.7. The Morgan fingerprint density at radius 3 is 2.21 bits per heavy atom. The van der Waals surface area contributed by atoms with Crippen LogP contribution in [0.5, 0.6) is 11.5 Å². The molecule has 1 unspecified atom stereocenters. The monoisotopic (exact) mass is 534 g/mol. The normalized spacial score (nSPS) is 15.3. The molecule has 0 fully saturated rings. The highest BCUT2D eigenvalue weighted by Gasteiger charge is 2.35. The zero-order valence-corrected chi connectivity index (χ0v) is 24.2. The Kier molecular flexibility index (Phi) is 8.16. The molecule has 202 valence electrons. The third-order valence-corrected chi connectivity index (χ3v) is 8.16. The molecule has 0 bridgehead atoms. The number of thiophene rings is 1. The van der Waals surface area contributed by atoms with Crippen LogP contribution in [0.1, 0.15) is 72.6 Å². The second-order valence-corrected chi connectivity index (χ2v) is 12.0. The molecule has 1 aliphatic heterocycles. The van der Waals surface area contributed by atoms with Crippen LogP contribution in [0.4, 0.5) is 0 Å². The third-order valence-electron chi connectivity index (χ3n) is 7.17. The third kappa shape index (κ3) is 5.73. The fraction of sp³-hybridized carbons (Fsp3) is 0.419. The number of rotatable bonds is 7. The van der Waals surface area contributed by atoms with Crippen LogP contribution in [0.3, 0.4) is 0 Å². The van der Waals surface area contributed by atoms with E-state index >= 15 is 0 Å². The Labute approximate surface area is 230 Å². The van der Waals surface area contributed by atoms with E-state index in [9.17, 15) is 9.59 Å². The second kappa shape index (κ2) is 11.2. The fourth-order valence-corrected chi connectivity index (χ4v) is 5.84. The van der Waals surface area contributed by atoms with Crippen molar-refractivity contribution in [2.75, 3.05) is 27.3 Å². The summed E-state index contributed by atoms with van der Waals surface area (Å²) in [5.74, 6) is 0.763. The van der Waals surface area contributed by atoms with Gasteiger partial charge in [0.1, 0.15) is 18.0 Å². The van der Waals surface area contributed by atoms with Crippen molar-refractivity contribution < 1.29 is 19.1 Å².